The molecule has 2 saturated heterocycles. The Morgan fingerprint density at radius 3 is 1.89 bits per heavy atom. The predicted octanol–water partition coefficient (Wildman–Crippen LogP) is 3.07. The molecule has 7 aliphatic rings. The Labute approximate surface area is 694 Å². The third-order valence-corrected chi connectivity index (χ3v) is 21.8. The number of hydrogen-bond acceptors (Lipinski definition) is 27. The highest BCUT2D eigenvalue weighted by atomic mass is 35.5. The summed E-state index contributed by atoms with van der Waals surface area (Å²) in [6, 6.07) is 15.7. The second kappa shape index (κ2) is 37.1. The maximum absolute atomic E-state index is 16.2. The number of likely N-dealkylation sites (N-methyl/N-ethyl adjacent to an activating group) is 1. The summed E-state index contributed by atoms with van der Waals surface area (Å²) < 4.78 is 45.2. The molecule has 13 unspecified atom stereocenters. The number of nitrogens with one attached hydrogen (secondary N) is 8. The number of amides is 7. The van der Waals surface area contributed by atoms with Crippen LogP contribution in [0.4, 0.5) is 0 Å². The molecule has 19 atom stereocenters. The molecule has 0 aromatic heterocycles. The van der Waals surface area contributed by atoms with Crippen LogP contribution in [0, 0.1) is 5.92 Å². The Morgan fingerprint density at radius 2 is 1.28 bits per heavy atom. The van der Waals surface area contributed by atoms with Gasteiger partial charge in [-0.2, -0.15) is 0 Å². The SMILES string of the molecule is CN[C@H](CC(C)C)C(=O)NC1C(=O)NC(CC(N)=O)C(=O)N[C@H]2C(=O)NC3C(=O)N[C@H](C(=O)N[C@@H](C(=O)O)c4cc(O)cc(O)c4-c4cc3ccc4O)[C@H](O)c3ccc(c(Cl)c3)Oc3cc2cc(c3OC2OC(CO)C(O)C(O)C2OC2CC(C)(NCC(OCc3ccc(-c4ccccc4)cc3)C(=O)O)C(O)C(C)O2)Oc2ccc(cc2Cl)[C@H]1O. The first-order chi connectivity index (χ1) is 57.0. The minimum absolute atomic E-state index is 0.122. The zero-order chi connectivity index (χ0) is 86.6. The van der Waals surface area contributed by atoms with Crippen molar-refractivity contribution in [2.45, 2.75) is 169 Å². The van der Waals surface area contributed by atoms with Gasteiger partial charge in [-0.05, 0) is 127 Å². The van der Waals surface area contributed by atoms with Gasteiger partial charge in [-0.15, -0.1) is 0 Å². The summed E-state index contributed by atoms with van der Waals surface area (Å²) >= 11 is 14.3. The molecule has 36 nitrogen and oxygen atoms in total. The standard InChI is InChI=1S/C82H89Cl2N9O27/c1-34(2)21-48(86-5)73(104)92-64-66(99)40-16-19-52(46(83)23-40)116-54-25-42-26-55(70(54)120-81-71(69(102)68(101)57(32-94)118-81)119-59-30-82(4,72(103)35(3)115-59)87-31-56(79(110)111)114-33-36-11-13-38(14-12-36)37-9-7-6-8-10-37)117-53-20-17-41(24-47(53)84)67(100)65-78(109)91-63(80(112)113)45-27-43(95)28-51(97)60(45)44-22-39(15-18-50(44)96)61(75(106)93-65)90-76(107)62(42)89-74(105)49(29-58(85)98)88-77(64)108/h6-20,22-28,34-35,48-49,56-57,59,61-69,71-72,81,86-87,94-97,99-103H,21,29-33H2,1-5H3,(H2,85,98)(H,88,108)(H,89,105)(H,90,107)(H,91,109)(H,92,104)(H,93,106)(H,110,111)(H,112,113)/t35?,48-,49?,56?,57?,59?,61?,62-,63-,64?,65+,66-,67-,68?,69?,71?,72?,81?,82?/m1/s1. The van der Waals surface area contributed by atoms with Crippen LogP contribution in [0.3, 0.4) is 0 Å². The number of aliphatic hydroxyl groups is 6. The van der Waals surface area contributed by atoms with Crippen molar-refractivity contribution in [2.75, 3.05) is 20.2 Å². The number of nitrogens with two attached hydrogens (primary N) is 1. The summed E-state index contributed by atoms with van der Waals surface area (Å²) in [5.41, 5.74) is 3.74. The van der Waals surface area contributed by atoms with Crippen LogP contribution >= 0.6 is 23.2 Å². The van der Waals surface area contributed by atoms with Gasteiger partial charge >= 0.3 is 11.9 Å². The topological polar surface area (TPSA) is 563 Å². The van der Waals surface area contributed by atoms with Crippen LogP contribution in [-0.4, -0.2) is 215 Å². The Kier molecular flexibility index (Phi) is 27.2. The summed E-state index contributed by atoms with van der Waals surface area (Å²) in [6.45, 7) is 5.03. The van der Waals surface area contributed by atoms with E-state index in [-0.39, 0.29) is 47.8 Å². The highest BCUT2D eigenvalue weighted by Crippen LogP contribution is 2.50. The van der Waals surface area contributed by atoms with E-state index >= 15 is 14.4 Å². The molecule has 0 spiro atoms. The number of ether oxygens (including phenoxy) is 7. The Balaban J connectivity index is 1.01. The number of benzene rings is 7. The average molecular weight is 1700 g/mol. The van der Waals surface area contributed by atoms with Gasteiger partial charge < -0.3 is 138 Å². The fraction of sp³-hybridized carbons (Fsp3) is 0.378. The highest BCUT2D eigenvalue weighted by molar-refractivity contribution is 6.32. The number of aliphatic hydroxyl groups excluding tert-OH is 6. The molecule has 7 aliphatic heterocycles. The first kappa shape index (κ1) is 88.0. The summed E-state index contributed by atoms with van der Waals surface area (Å²) in [6.07, 6.45) is -21.4. The lowest BCUT2D eigenvalue weighted by Crippen LogP contribution is -2.66. The van der Waals surface area contributed by atoms with Gasteiger partial charge in [0.25, 0.3) is 0 Å². The molecule has 38 heteroatoms. The van der Waals surface area contributed by atoms with Gasteiger partial charge in [0, 0.05) is 41.3 Å². The Hall–Kier alpha value is -11.3. The molecule has 0 aliphatic carbocycles. The number of aromatic hydroxyl groups is 3. The number of fused-ring (bicyclic) bond motifs is 15. The molecule has 21 N–H and O–H groups in total. The normalized spacial score (nSPS) is 26.8. The van der Waals surface area contributed by atoms with Crippen LogP contribution in [0.5, 0.6) is 46.0 Å². The van der Waals surface area contributed by atoms with Crippen LogP contribution in [0.25, 0.3) is 22.3 Å². The largest absolute Gasteiger partial charge is 0.508 e. The maximum Gasteiger partial charge on any atom is 0.334 e. The number of phenolic OH excluding ortho intramolecular Hbond substituents is 3. The summed E-state index contributed by atoms with van der Waals surface area (Å²) in [4.78, 5) is 131. The van der Waals surface area contributed by atoms with Crippen molar-refractivity contribution in [3.05, 3.63) is 177 Å². The van der Waals surface area contributed by atoms with Crippen LogP contribution in [0.1, 0.15) is 111 Å². The molecule has 7 heterocycles. The number of phenols is 3. The number of primary amides is 1. The van der Waals surface area contributed by atoms with Crippen molar-refractivity contribution in [2.24, 2.45) is 11.7 Å². The second-order valence-electron chi connectivity index (χ2n) is 30.2. The van der Waals surface area contributed by atoms with Gasteiger partial charge in [-0.1, -0.05) is 110 Å². The predicted molar refractivity (Wildman–Crippen MR) is 421 cm³/mol. The van der Waals surface area contributed by atoms with Crippen LogP contribution < -0.4 is 62.5 Å². The molecule has 11 bridgehead atoms. The molecule has 0 saturated carbocycles. The molecule has 120 heavy (non-hydrogen) atoms. The molecule has 7 amide bonds. The van der Waals surface area contributed by atoms with Crippen molar-refractivity contribution >= 4 is 76.5 Å². The van der Waals surface area contributed by atoms with Crippen molar-refractivity contribution in [1.29, 1.82) is 0 Å². The van der Waals surface area contributed by atoms with Crippen LogP contribution in [0.15, 0.2) is 133 Å². The number of aliphatic carboxylic acids is 2. The maximum atomic E-state index is 16.2. The lowest BCUT2D eigenvalue weighted by Gasteiger charge is -2.48. The van der Waals surface area contributed by atoms with E-state index in [2.05, 4.69) is 42.5 Å². The number of carboxylic acids is 2. The first-order valence-corrected chi connectivity index (χ1v) is 38.7. The first-order valence-electron chi connectivity index (χ1n) is 37.9. The van der Waals surface area contributed by atoms with Crippen molar-refractivity contribution in [3.63, 3.8) is 0 Å². The zero-order valence-corrected chi connectivity index (χ0v) is 66.2. The third kappa shape index (κ3) is 19.4. The number of carbonyl (C=O) groups is 9. The molecule has 2 fully saturated rings. The Bertz CT molecular complexity index is 5050. The molecular formula is C82H89Cl2N9O27. The van der Waals surface area contributed by atoms with Crippen LogP contribution in [-0.2, 0) is 68.7 Å². The number of rotatable bonds is 21. The smallest absolute Gasteiger partial charge is 0.334 e. The quantitative estimate of drug-likeness (QED) is 0.0491. The van der Waals surface area contributed by atoms with E-state index in [1.54, 1.807) is 12.1 Å². The lowest BCUT2D eigenvalue weighted by molar-refractivity contribution is -0.334. The summed E-state index contributed by atoms with van der Waals surface area (Å²) in [5.74, 6) is -17.8. The van der Waals surface area contributed by atoms with Crippen molar-refractivity contribution in [3.8, 4) is 68.2 Å². The minimum atomic E-state index is -2.40. The van der Waals surface area contributed by atoms with Gasteiger partial charge in [0.1, 0.15) is 89.5 Å². The van der Waals surface area contributed by atoms with Gasteiger partial charge in [-0.25, -0.2) is 9.59 Å². The van der Waals surface area contributed by atoms with Gasteiger partial charge in [0.15, 0.2) is 36.0 Å². The molecular weight excluding hydrogens is 1610 g/mol. The molecule has 0 radical (unpaired) electrons. The molecule has 638 valence electrons. The number of carboxylic acid groups (broad SMARTS) is 2. The van der Waals surface area contributed by atoms with Gasteiger partial charge in [-0.3, -0.25) is 33.6 Å². The van der Waals surface area contributed by atoms with E-state index < -0.39 is 261 Å². The third-order valence-electron chi connectivity index (χ3n) is 21.2. The van der Waals surface area contributed by atoms with Gasteiger partial charge in [0.2, 0.25) is 53.4 Å². The fourth-order valence-corrected chi connectivity index (χ4v) is 15.3. The summed E-state index contributed by atoms with van der Waals surface area (Å²) in [5, 5.41) is 147. The number of halogens is 2. The zero-order valence-electron chi connectivity index (χ0n) is 64.7. The van der Waals surface area contributed by atoms with Crippen molar-refractivity contribution in [1.82, 2.24) is 42.5 Å². The van der Waals surface area contributed by atoms with E-state index in [4.69, 9.17) is 62.1 Å². The van der Waals surface area contributed by atoms with E-state index in [0.29, 0.717) is 5.56 Å². The highest BCUT2D eigenvalue weighted by Gasteiger charge is 2.53. The summed E-state index contributed by atoms with van der Waals surface area (Å²) in [7, 11) is 1.46. The van der Waals surface area contributed by atoms with E-state index in [1.807, 2.05) is 56.3 Å². The fourth-order valence-electron chi connectivity index (χ4n) is 14.8. The monoisotopic (exact) mass is 1700 g/mol. The minimum Gasteiger partial charge on any atom is -0.508 e. The second-order valence-corrected chi connectivity index (χ2v) is 31.0. The van der Waals surface area contributed by atoms with Crippen LogP contribution in [0.2, 0.25) is 10.0 Å². The molecule has 7 aromatic carbocycles. The van der Waals surface area contributed by atoms with Crippen molar-refractivity contribution < 1.29 is 132 Å². The lowest BCUT2D eigenvalue weighted by atomic mass is 9.84. The van der Waals surface area contributed by atoms with E-state index in [9.17, 15) is 84.9 Å². The average Bonchev–Trinajstić information content (AvgIpc) is 0.768. The Morgan fingerprint density at radius 1 is 0.667 bits per heavy atom. The number of hydrogen-bond donors (Lipinski definition) is 20. The molecule has 7 aromatic rings. The van der Waals surface area contributed by atoms with E-state index in [0.717, 1.165) is 77.9 Å². The van der Waals surface area contributed by atoms with Gasteiger partial charge in [0.05, 0.1) is 47.9 Å². The number of carbonyl (C=O) groups excluding carboxylic acids is 7. The molecule has 14 rings (SSSR count). The van der Waals surface area contributed by atoms with E-state index in [1.165, 1.54) is 33.0 Å².